The molecule has 0 saturated heterocycles. The van der Waals surface area contributed by atoms with Gasteiger partial charge in [-0.05, 0) is 36.4 Å². The molecule has 0 N–H and O–H groups in total. The van der Waals surface area contributed by atoms with Crippen LogP contribution in [0.25, 0.3) is 22.8 Å². The summed E-state index contributed by atoms with van der Waals surface area (Å²) in [5.74, 6) is 0. The van der Waals surface area contributed by atoms with Crippen LogP contribution >= 0.6 is 0 Å². The first-order valence-corrected chi connectivity index (χ1v) is 5.85. The first kappa shape index (κ1) is 10.7. The largest absolute Gasteiger partial charge is 0.349 e. The van der Waals surface area contributed by atoms with Crippen molar-refractivity contribution in [2.45, 2.75) is 0 Å². The van der Waals surface area contributed by atoms with Gasteiger partial charge >= 0.3 is 0 Å². The maximum atomic E-state index is 4.66. The van der Waals surface area contributed by atoms with Crippen LogP contribution < -0.4 is 0 Å². The van der Waals surface area contributed by atoms with Gasteiger partial charge in [-0.3, -0.25) is 4.98 Å². The highest BCUT2D eigenvalue weighted by atomic mass is 14.9. The molecule has 3 aromatic heterocycles. The highest BCUT2D eigenvalue weighted by Gasteiger charge is 2.05. The van der Waals surface area contributed by atoms with Gasteiger partial charge in [0.1, 0.15) is 0 Å². The van der Waals surface area contributed by atoms with Gasteiger partial charge in [0.15, 0.2) is 0 Å². The standard InChI is InChI=1S/C15H13N3/c1-18-11-5-9-15(18)14-8-4-7-13(17-14)12-6-2-3-10-16-12/h2-11H,1H3. The van der Waals surface area contributed by atoms with Gasteiger partial charge in [-0.25, -0.2) is 4.98 Å². The van der Waals surface area contributed by atoms with Gasteiger partial charge in [-0.2, -0.15) is 0 Å². The quantitative estimate of drug-likeness (QED) is 0.683. The predicted octanol–water partition coefficient (Wildman–Crippen LogP) is 3.15. The maximum absolute atomic E-state index is 4.66. The lowest BCUT2D eigenvalue weighted by molar-refractivity contribution is 0.931. The van der Waals surface area contributed by atoms with Gasteiger partial charge in [0, 0.05) is 19.4 Å². The number of rotatable bonds is 2. The molecule has 3 heterocycles. The minimum Gasteiger partial charge on any atom is -0.349 e. The zero-order valence-electron chi connectivity index (χ0n) is 10.1. The summed E-state index contributed by atoms with van der Waals surface area (Å²) < 4.78 is 2.06. The number of nitrogens with zero attached hydrogens (tertiary/aromatic N) is 3. The van der Waals surface area contributed by atoms with Gasteiger partial charge in [0.25, 0.3) is 0 Å². The molecule has 88 valence electrons. The lowest BCUT2D eigenvalue weighted by Gasteiger charge is -2.05. The second-order valence-corrected chi connectivity index (χ2v) is 4.13. The lowest BCUT2D eigenvalue weighted by Crippen LogP contribution is -1.94. The number of aryl methyl sites for hydroxylation is 1. The Labute approximate surface area is 106 Å². The van der Waals surface area contributed by atoms with Crippen molar-refractivity contribution in [3.8, 4) is 22.8 Å². The summed E-state index contributed by atoms with van der Waals surface area (Å²) >= 11 is 0. The molecular weight excluding hydrogens is 222 g/mol. The van der Waals surface area contributed by atoms with Crippen LogP contribution in [0.4, 0.5) is 0 Å². The summed E-state index contributed by atoms with van der Waals surface area (Å²) in [6.45, 7) is 0. The van der Waals surface area contributed by atoms with Gasteiger partial charge in [0.05, 0.1) is 22.8 Å². The maximum Gasteiger partial charge on any atom is 0.0894 e. The van der Waals surface area contributed by atoms with Crippen molar-refractivity contribution >= 4 is 0 Å². The van der Waals surface area contributed by atoms with Gasteiger partial charge in [-0.15, -0.1) is 0 Å². The Hall–Kier alpha value is -2.42. The lowest BCUT2D eigenvalue weighted by atomic mass is 10.2. The Kier molecular flexibility index (Phi) is 2.65. The summed E-state index contributed by atoms with van der Waals surface area (Å²) in [5.41, 5.74) is 3.86. The first-order chi connectivity index (χ1) is 8.84. The van der Waals surface area contributed by atoms with E-state index in [4.69, 9.17) is 0 Å². The third kappa shape index (κ3) is 1.91. The van der Waals surface area contributed by atoms with Crippen molar-refractivity contribution in [1.29, 1.82) is 0 Å². The van der Waals surface area contributed by atoms with Crippen LogP contribution in [-0.4, -0.2) is 14.5 Å². The molecule has 0 unspecified atom stereocenters. The van der Waals surface area contributed by atoms with Crippen molar-refractivity contribution in [3.05, 3.63) is 60.9 Å². The smallest absolute Gasteiger partial charge is 0.0894 e. The van der Waals surface area contributed by atoms with E-state index in [1.807, 2.05) is 55.7 Å². The molecule has 0 aliphatic heterocycles. The fraction of sp³-hybridized carbons (Fsp3) is 0.0667. The van der Waals surface area contributed by atoms with E-state index in [1.54, 1.807) is 6.20 Å². The summed E-state index contributed by atoms with van der Waals surface area (Å²) in [7, 11) is 2.02. The van der Waals surface area contributed by atoms with Crippen molar-refractivity contribution in [2.24, 2.45) is 7.05 Å². The Morgan fingerprint density at radius 2 is 1.67 bits per heavy atom. The fourth-order valence-corrected chi connectivity index (χ4v) is 1.96. The molecule has 0 aliphatic carbocycles. The van der Waals surface area contributed by atoms with E-state index in [1.165, 1.54) is 0 Å². The van der Waals surface area contributed by atoms with Crippen LogP contribution in [0.15, 0.2) is 60.9 Å². The highest BCUT2D eigenvalue weighted by molar-refractivity contribution is 5.61. The molecule has 18 heavy (non-hydrogen) atoms. The normalized spacial score (nSPS) is 10.5. The van der Waals surface area contributed by atoms with E-state index < -0.39 is 0 Å². The zero-order valence-corrected chi connectivity index (χ0v) is 10.1. The van der Waals surface area contributed by atoms with E-state index in [9.17, 15) is 0 Å². The minimum absolute atomic E-state index is 0.897. The third-order valence-electron chi connectivity index (χ3n) is 2.88. The Morgan fingerprint density at radius 1 is 0.833 bits per heavy atom. The molecule has 0 radical (unpaired) electrons. The predicted molar refractivity (Wildman–Crippen MR) is 71.9 cm³/mol. The number of hydrogen-bond donors (Lipinski definition) is 0. The van der Waals surface area contributed by atoms with Crippen LogP contribution in [-0.2, 0) is 7.05 Å². The van der Waals surface area contributed by atoms with Crippen molar-refractivity contribution < 1.29 is 0 Å². The number of aromatic nitrogens is 3. The van der Waals surface area contributed by atoms with E-state index in [2.05, 4.69) is 20.6 Å². The molecule has 0 spiro atoms. The van der Waals surface area contributed by atoms with Crippen LogP contribution in [0.1, 0.15) is 0 Å². The van der Waals surface area contributed by atoms with Gasteiger partial charge in [0.2, 0.25) is 0 Å². The van der Waals surface area contributed by atoms with Crippen LogP contribution in [0.2, 0.25) is 0 Å². The fourth-order valence-electron chi connectivity index (χ4n) is 1.96. The monoisotopic (exact) mass is 235 g/mol. The average molecular weight is 235 g/mol. The summed E-state index contributed by atoms with van der Waals surface area (Å²) in [6.07, 6.45) is 3.80. The molecule has 3 nitrogen and oxygen atoms in total. The topological polar surface area (TPSA) is 30.7 Å². The van der Waals surface area contributed by atoms with E-state index in [0.29, 0.717) is 0 Å². The molecule has 0 aliphatic rings. The zero-order chi connectivity index (χ0) is 12.4. The second kappa shape index (κ2) is 4.45. The molecule has 0 amide bonds. The van der Waals surface area contributed by atoms with Crippen molar-refractivity contribution in [1.82, 2.24) is 14.5 Å². The SMILES string of the molecule is Cn1cccc1-c1cccc(-c2ccccn2)n1. The first-order valence-electron chi connectivity index (χ1n) is 5.85. The molecule has 0 aromatic carbocycles. The number of hydrogen-bond acceptors (Lipinski definition) is 2. The van der Waals surface area contributed by atoms with Crippen LogP contribution in [0.3, 0.4) is 0 Å². The van der Waals surface area contributed by atoms with Gasteiger partial charge < -0.3 is 4.57 Å². The van der Waals surface area contributed by atoms with Crippen molar-refractivity contribution in [2.75, 3.05) is 0 Å². The van der Waals surface area contributed by atoms with Gasteiger partial charge in [-0.1, -0.05) is 12.1 Å². The second-order valence-electron chi connectivity index (χ2n) is 4.13. The van der Waals surface area contributed by atoms with Crippen LogP contribution in [0.5, 0.6) is 0 Å². The van der Waals surface area contributed by atoms with Crippen molar-refractivity contribution in [3.63, 3.8) is 0 Å². The summed E-state index contributed by atoms with van der Waals surface area (Å²) in [4.78, 5) is 8.99. The molecule has 0 bridgehead atoms. The molecule has 3 rings (SSSR count). The van der Waals surface area contributed by atoms with Crippen LogP contribution in [0, 0.1) is 0 Å². The Balaban J connectivity index is 2.08. The molecule has 3 aromatic rings. The summed E-state index contributed by atoms with van der Waals surface area (Å²) in [6, 6.07) is 15.9. The molecule has 0 saturated carbocycles. The van der Waals surface area contributed by atoms with E-state index in [0.717, 1.165) is 22.8 Å². The average Bonchev–Trinajstić information content (AvgIpc) is 2.86. The Bertz CT molecular complexity index is 656. The molecular formula is C15H13N3. The molecule has 0 atom stereocenters. The number of pyridine rings is 2. The van der Waals surface area contributed by atoms with E-state index in [-0.39, 0.29) is 0 Å². The van der Waals surface area contributed by atoms with E-state index >= 15 is 0 Å². The minimum atomic E-state index is 0.897. The molecule has 3 heteroatoms. The Morgan fingerprint density at radius 3 is 2.39 bits per heavy atom. The third-order valence-corrected chi connectivity index (χ3v) is 2.88. The molecule has 0 fully saturated rings. The highest BCUT2D eigenvalue weighted by Crippen LogP contribution is 2.21. The summed E-state index contributed by atoms with van der Waals surface area (Å²) in [5, 5.41) is 0.